The molecule has 0 atom stereocenters. The second-order valence-electron chi connectivity index (χ2n) is 6.16. The van der Waals surface area contributed by atoms with Gasteiger partial charge < -0.3 is 5.32 Å². The van der Waals surface area contributed by atoms with Crippen LogP contribution in [0.5, 0.6) is 0 Å². The smallest absolute Gasteiger partial charge is 0.190 e. The zero-order valence-electron chi connectivity index (χ0n) is 11.8. The topological polar surface area (TPSA) is 46.2 Å². The molecule has 110 valence electrons. The minimum Gasteiger partial charge on any atom is -0.311 e. The molecule has 0 fully saturated rings. The Labute approximate surface area is 140 Å². The molecular formula is C16H15Br2NO2. The van der Waals surface area contributed by atoms with Crippen LogP contribution in [0.3, 0.4) is 0 Å². The second-order valence-corrected chi connectivity index (χ2v) is 7.87. The highest BCUT2D eigenvalue weighted by atomic mass is 79.9. The van der Waals surface area contributed by atoms with E-state index >= 15 is 0 Å². The number of fused-ring (bicyclic) bond motifs is 1. The van der Waals surface area contributed by atoms with Crippen molar-refractivity contribution in [2.45, 2.75) is 32.2 Å². The largest absolute Gasteiger partial charge is 0.311 e. The first-order chi connectivity index (χ1) is 9.80. The maximum absolute atomic E-state index is 12.8. The van der Waals surface area contributed by atoms with Gasteiger partial charge >= 0.3 is 0 Å². The fourth-order valence-electron chi connectivity index (χ4n) is 3.00. The Morgan fingerprint density at radius 3 is 2.10 bits per heavy atom. The lowest BCUT2D eigenvalue weighted by atomic mass is 9.79. The van der Waals surface area contributed by atoms with Gasteiger partial charge in [-0.2, -0.15) is 0 Å². The van der Waals surface area contributed by atoms with Gasteiger partial charge in [-0.1, -0.05) is 0 Å². The number of carbonyl (C=O) groups excluding carboxylic acids is 2. The molecule has 21 heavy (non-hydrogen) atoms. The van der Waals surface area contributed by atoms with Crippen LogP contribution in [-0.4, -0.2) is 23.7 Å². The predicted octanol–water partition coefficient (Wildman–Crippen LogP) is 4.05. The molecular weight excluding hydrogens is 398 g/mol. The van der Waals surface area contributed by atoms with Gasteiger partial charge in [-0.3, -0.25) is 9.59 Å². The third-order valence-corrected chi connectivity index (χ3v) is 5.90. The Kier molecular flexibility index (Phi) is 3.71. The number of hydrogen-bond donors (Lipinski definition) is 1. The lowest BCUT2D eigenvalue weighted by Gasteiger charge is -2.26. The molecule has 0 saturated carbocycles. The van der Waals surface area contributed by atoms with Gasteiger partial charge in [0.25, 0.3) is 0 Å². The third-order valence-electron chi connectivity index (χ3n) is 4.06. The number of benzene rings is 1. The van der Waals surface area contributed by atoms with E-state index in [1.165, 1.54) is 0 Å². The monoisotopic (exact) mass is 411 g/mol. The van der Waals surface area contributed by atoms with E-state index in [9.17, 15) is 9.59 Å². The van der Waals surface area contributed by atoms with Crippen LogP contribution in [0.1, 0.15) is 47.4 Å². The molecule has 0 saturated heterocycles. The molecule has 0 aromatic heterocycles. The highest BCUT2D eigenvalue weighted by Gasteiger charge is 2.36. The van der Waals surface area contributed by atoms with Crippen LogP contribution in [0, 0.1) is 0 Å². The highest BCUT2D eigenvalue weighted by molar-refractivity contribution is 9.13. The number of nitrogens with one attached hydrogen (secondary N) is 1. The fraction of sp³-hybridized carbons (Fsp3) is 0.375. The summed E-state index contributed by atoms with van der Waals surface area (Å²) in [7, 11) is 0. The lowest BCUT2D eigenvalue weighted by molar-refractivity contribution is 0.0968. The highest BCUT2D eigenvalue weighted by Crippen LogP contribution is 2.37. The van der Waals surface area contributed by atoms with Crippen molar-refractivity contribution in [2.24, 2.45) is 0 Å². The first-order valence-corrected chi connectivity index (χ1v) is 8.44. The number of rotatable bonds is 0. The van der Waals surface area contributed by atoms with Gasteiger partial charge in [0.1, 0.15) is 0 Å². The normalized spacial score (nSPS) is 21.0. The van der Waals surface area contributed by atoms with Crippen LogP contribution in [0.15, 0.2) is 32.2 Å². The Morgan fingerprint density at radius 1 is 1.00 bits per heavy atom. The van der Waals surface area contributed by atoms with Crippen LogP contribution >= 0.6 is 31.9 Å². The molecule has 1 aromatic carbocycles. The number of Topliss-reactive ketones (excluding diaryl/α,β-unsaturated/α-hetero) is 2. The van der Waals surface area contributed by atoms with Gasteiger partial charge in [-0.15, -0.1) is 0 Å². The van der Waals surface area contributed by atoms with Gasteiger partial charge in [0, 0.05) is 36.8 Å². The van der Waals surface area contributed by atoms with E-state index in [4.69, 9.17) is 0 Å². The summed E-state index contributed by atoms with van der Waals surface area (Å²) in [5.41, 5.74) is 2.20. The molecule has 1 heterocycles. The molecule has 0 bridgehead atoms. The van der Waals surface area contributed by atoms with Crippen molar-refractivity contribution in [3.63, 3.8) is 0 Å². The number of halogens is 2. The van der Waals surface area contributed by atoms with Crippen molar-refractivity contribution < 1.29 is 9.59 Å². The standard InChI is InChI=1S/C16H15Br2NO2/c1-16(2)7-11-8(3-4-19-16)14(20)9-5-12(17)13(18)6-10(9)15(11)21/h5-6,19H,3-4,7H2,1-2H3. The number of carbonyl (C=O) groups is 2. The van der Waals surface area contributed by atoms with E-state index in [1.54, 1.807) is 12.1 Å². The molecule has 0 unspecified atom stereocenters. The Hall–Kier alpha value is -0.780. The fourth-order valence-corrected chi connectivity index (χ4v) is 3.69. The minimum absolute atomic E-state index is 0.00713. The van der Waals surface area contributed by atoms with Gasteiger partial charge in [0.15, 0.2) is 11.6 Å². The van der Waals surface area contributed by atoms with Crippen LogP contribution in [0.25, 0.3) is 0 Å². The molecule has 1 N–H and O–H groups in total. The van der Waals surface area contributed by atoms with Crippen LogP contribution in [0.4, 0.5) is 0 Å². The molecule has 1 aromatic rings. The molecule has 2 aliphatic rings. The quantitative estimate of drug-likeness (QED) is 0.699. The number of hydrogen-bond acceptors (Lipinski definition) is 3. The zero-order chi connectivity index (χ0) is 15.4. The van der Waals surface area contributed by atoms with Crippen LogP contribution in [-0.2, 0) is 0 Å². The van der Waals surface area contributed by atoms with E-state index in [0.29, 0.717) is 35.1 Å². The molecule has 1 aliphatic carbocycles. The Bertz CT molecular complexity index is 704. The number of ketones is 2. The maximum Gasteiger partial charge on any atom is 0.190 e. The van der Waals surface area contributed by atoms with E-state index in [1.807, 2.05) is 0 Å². The summed E-state index contributed by atoms with van der Waals surface area (Å²) < 4.78 is 1.58. The average Bonchev–Trinajstić information content (AvgIpc) is 2.57. The second kappa shape index (κ2) is 5.14. The van der Waals surface area contributed by atoms with E-state index in [0.717, 1.165) is 15.5 Å². The summed E-state index contributed by atoms with van der Waals surface area (Å²) in [5.74, 6) is -0.0168. The van der Waals surface area contributed by atoms with Gasteiger partial charge in [-0.25, -0.2) is 0 Å². The summed E-state index contributed by atoms with van der Waals surface area (Å²) in [4.78, 5) is 25.6. The average molecular weight is 413 g/mol. The van der Waals surface area contributed by atoms with Gasteiger partial charge in [0.05, 0.1) is 0 Å². The molecule has 1 aliphatic heterocycles. The molecule has 0 radical (unpaired) electrons. The van der Waals surface area contributed by atoms with Crippen molar-refractivity contribution in [1.82, 2.24) is 5.32 Å². The van der Waals surface area contributed by atoms with Crippen molar-refractivity contribution in [1.29, 1.82) is 0 Å². The SMILES string of the molecule is CC1(C)CC2=C(CCN1)C(=O)c1cc(Br)c(Br)cc1C2=O. The predicted molar refractivity (Wildman–Crippen MR) is 88.8 cm³/mol. The molecule has 3 nitrogen and oxygen atoms in total. The Balaban J connectivity index is 2.18. The van der Waals surface area contributed by atoms with Crippen LogP contribution in [0.2, 0.25) is 0 Å². The van der Waals surface area contributed by atoms with Gasteiger partial charge in [0.2, 0.25) is 0 Å². The van der Waals surface area contributed by atoms with Crippen molar-refractivity contribution >= 4 is 43.4 Å². The maximum atomic E-state index is 12.8. The minimum atomic E-state index is -0.170. The molecule has 0 amide bonds. The lowest BCUT2D eigenvalue weighted by Crippen LogP contribution is -2.39. The summed E-state index contributed by atoms with van der Waals surface area (Å²) in [6, 6.07) is 3.49. The van der Waals surface area contributed by atoms with Crippen molar-refractivity contribution in [2.75, 3.05) is 6.54 Å². The molecule has 5 heteroatoms. The zero-order valence-corrected chi connectivity index (χ0v) is 15.0. The summed E-state index contributed by atoms with van der Waals surface area (Å²) in [6.07, 6.45) is 1.19. The van der Waals surface area contributed by atoms with E-state index in [-0.39, 0.29) is 17.1 Å². The first-order valence-electron chi connectivity index (χ1n) is 6.86. The van der Waals surface area contributed by atoms with E-state index in [2.05, 4.69) is 51.0 Å². The Morgan fingerprint density at radius 2 is 1.52 bits per heavy atom. The van der Waals surface area contributed by atoms with Crippen molar-refractivity contribution in [3.05, 3.63) is 43.4 Å². The molecule has 0 spiro atoms. The van der Waals surface area contributed by atoms with E-state index < -0.39 is 0 Å². The third kappa shape index (κ3) is 2.56. The summed E-state index contributed by atoms with van der Waals surface area (Å²) in [5, 5.41) is 3.40. The van der Waals surface area contributed by atoms with Gasteiger partial charge in [-0.05, 0) is 77.2 Å². The molecule has 3 rings (SSSR count). The first kappa shape index (κ1) is 15.1. The summed E-state index contributed by atoms with van der Waals surface area (Å²) in [6.45, 7) is 4.85. The van der Waals surface area contributed by atoms with Crippen molar-refractivity contribution in [3.8, 4) is 0 Å². The summed E-state index contributed by atoms with van der Waals surface area (Å²) >= 11 is 6.81. The van der Waals surface area contributed by atoms with Crippen LogP contribution < -0.4 is 5.32 Å².